The van der Waals surface area contributed by atoms with Crippen LogP contribution in [0.2, 0.25) is 0 Å². The molecule has 2 heteroatoms. The highest BCUT2D eigenvalue weighted by Gasteiger charge is 1.68. The smallest absolute Gasteiger partial charge is 0.190 e. The molecule has 0 amide bonds. The summed E-state index contributed by atoms with van der Waals surface area (Å²) in [7, 11) is 0. The summed E-state index contributed by atoms with van der Waals surface area (Å²) in [5.41, 5.74) is 1.94. The Labute approximate surface area is 38.1 Å². The fourth-order valence-electron chi connectivity index (χ4n) is 0. The molecule has 0 atom stereocenters. The monoisotopic (exact) mass is 136 g/mol. The van der Waals surface area contributed by atoms with Crippen molar-refractivity contribution in [3.8, 4) is 0 Å². The first-order chi connectivity index (χ1) is 2.27. The van der Waals surface area contributed by atoms with Gasteiger partial charge in [0.25, 0.3) is 0 Å². The predicted molar refractivity (Wildman–Crippen MR) is 22.7 cm³/mol. The zero-order chi connectivity index (χ0) is 4.28. The summed E-state index contributed by atoms with van der Waals surface area (Å²) in [6.07, 6.45) is 0. The minimum Gasteiger partial charge on any atom is -0.190 e. The molecule has 0 saturated heterocycles. The van der Waals surface area contributed by atoms with Gasteiger partial charge in [-0.3, -0.25) is 0 Å². The highest BCUT2D eigenvalue weighted by Crippen LogP contribution is 1.99. The molecule has 0 aromatic carbocycles. The van der Waals surface area contributed by atoms with E-state index in [-0.39, 0.29) is 0 Å². The maximum absolute atomic E-state index is 11.1. The van der Waals surface area contributed by atoms with Gasteiger partial charge >= 0.3 is 0 Å². The second kappa shape index (κ2) is 2.18. The normalized spacial score (nSPS) is 6.00. The summed E-state index contributed by atoms with van der Waals surface area (Å²) in [5.74, 6) is 0. The van der Waals surface area contributed by atoms with Crippen molar-refractivity contribution in [3.63, 3.8) is 0 Å². The highest BCUT2D eigenvalue weighted by atomic mass is 79.9. The van der Waals surface area contributed by atoms with Crippen LogP contribution in [0.1, 0.15) is 0 Å². The molecule has 28 valence electrons. The Hall–Kier alpha value is -0.0700. The van der Waals surface area contributed by atoms with Gasteiger partial charge in [0.15, 0.2) is 0 Å². The van der Waals surface area contributed by atoms with E-state index in [9.17, 15) is 4.39 Å². The average Bonchev–Trinajstić information content (AvgIpc) is 1.38. The molecule has 0 aliphatic carbocycles. The van der Waals surface area contributed by atoms with Gasteiger partial charge in [0, 0.05) is 0 Å². The molecule has 0 aromatic heterocycles. The summed E-state index contributed by atoms with van der Waals surface area (Å²) in [5, 5.41) is 0. The Balaban J connectivity index is 3.60. The highest BCUT2D eigenvalue weighted by molar-refractivity contribution is 9.11. The van der Waals surface area contributed by atoms with E-state index in [0.717, 1.165) is 0 Å². The lowest BCUT2D eigenvalue weighted by molar-refractivity contribution is 0.707. The summed E-state index contributed by atoms with van der Waals surface area (Å²) in [6.45, 7) is 2.98. The average molecular weight is 137 g/mol. The molecule has 0 saturated carbocycles. The summed E-state index contributed by atoms with van der Waals surface area (Å²) in [6, 6.07) is 0. The fourth-order valence-corrected chi connectivity index (χ4v) is 0. The van der Waals surface area contributed by atoms with Crippen molar-refractivity contribution in [2.45, 2.75) is 0 Å². The van der Waals surface area contributed by atoms with E-state index < -0.39 is 4.74 Å². The zero-order valence-electron chi connectivity index (χ0n) is 2.46. The van der Waals surface area contributed by atoms with Gasteiger partial charge < -0.3 is 0 Å². The van der Waals surface area contributed by atoms with Gasteiger partial charge in [-0.05, 0) is 15.9 Å². The van der Waals surface area contributed by atoms with Gasteiger partial charge in [-0.15, -0.1) is 0 Å². The summed E-state index contributed by atoms with van der Waals surface area (Å²) < 4.78 is 10.5. The van der Waals surface area contributed by atoms with Crippen LogP contribution in [0.5, 0.6) is 0 Å². The van der Waals surface area contributed by atoms with E-state index in [1.54, 1.807) is 0 Å². The fraction of sp³-hybridized carbons (Fsp3) is 0. The topological polar surface area (TPSA) is 0 Å². The molecule has 0 aliphatic heterocycles. The van der Waals surface area contributed by atoms with Crippen molar-refractivity contribution in [2.24, 2.45) is 0 Å². The van der Waals surface area contributed by atoms with Crippen LogP contribution in [0.4, 0.5) is 4.39 Å². The standard InChI is InChI=1S/C3H2BrF/c1-2-3(4)5/h1H2. The Morgan fingerprint density at radius 3 is 2.20 bits per heavy atom. The van der Waals surface area contributed by atoms with Crippen molar-refractivity contribution < 1.29 is 4.39 Å². The quantitative estimate of drug-likeness (QED) is 0.447. The third-order valence-electron chi connectivity index (χ3n) is 0.134. The van der Waals surface area contributed by atoms with E-state index in [1.165, 1.54) is 0 Å². The van der Waals surface area contributed by atoms with Crippen molar-refractivity contribution in [2.75, 3.05) is 0 Å². The molecule has 0 aliphatic rings. The Morgan fingerprint density at radius 1 is 2.00 bits per heavy atom. The molecular weight excluding hydrogens is 135 g/mol. The predicted octanol–water partition coefficient (Wildman–Crippen LogP) is 1.98. The van der Waals surface area contributed by atoms with Gasteiger partial charge in [0.05, 0.1) is 0 Å². The van der Waals surface area contributed by atoms with Crippen LogP contribution in [0.15, 0.2) is 17.0 Å². The van der Waals surface area contributed by atoms with Crippen LogP contribution < -0.4 is 0 Å². The van der Waals surface area contributed by atoms with Crippen molar-refractivity contribution in [3.05, 3.63) is 17.0 Å². The minimum atomic E-state index is -0.544. The van der Waals surface area contributed by atoms with Crippen molar-refractivity contribution in [1.82, 2.24) is 0 Å². The lowest BCUT2D eigenvalue weighted by Crippen LogP contribution is -1.32. The van der Waals surface area contributed by atoms with E-state index in [1.807, 2.05) is 5.73 Å². The van der Waals surface area contributed by atoms with Gasteiger partial charge in [-0.2, -0.15) is 4.39 Å². The van der Waals surface area contributed by atoms with Crippen LogP contribution >= 0.6 is 15.9 Å². The van der Waals surface area contributed by atoms with Crippen LogP contribution in [0.3, 0.4) is 0 Å². The maximum atomic E-state index is 11.1. The van der Waals surface area contributed by atoms with Gasteiger partial charge in [0.2, 0.25) is 4.74 Å². The SMILES string of the molecule is C=C=C(F)Br. The molecule has 0 bridgehead atoms. The molecule has 0 spiro atoms. The van der Waals surface area contributed by atoms with Gasteiger partial charge in [-0.25, -0.2) is 0 Å². The molecular formula is C3H2BrF. The van der Waals surface area contributed by atoms with E-state index in [0.29, 0.717) is 0 Å². The van der Waals surface area contributed by atoms with Gasteiger partial charge in [-0.1, -0.05) is 12.3 Å². The lowest BCUT2D eigenvalue weighted by atomic mass is 11.0. The first kappa shape index (κ1) is 4.93. The second-order valence-electron chi connectivity index (χ2n) is 0.437. The largest absolute Gasteiger partial charge is 0.207 e. The third-order valence-corrected chi connectivity index (χ3v) is 0.414. The Bertz CT molecular complexity index is 67.0. The first-order valence-corrected chi connectivity index (χ1v) is 1.77. The van der Waals surface area contributed by atoms with Gasteiger partial charge in [0.1, 0.15) is 0 Å². The molecule has 0 fully saturated rings. The van der Waals surface area contributed by atoms with Crippen molar-refractivity contribution >= 4 is 15.9 Å². The molecule has 0 radical (unpaired) electrons. The van der Waals surface area contributed by atoms with Crippen LogP contribution in [-0.2, 0) is 0 Å². The van der Waals surface area contributed by atoms with Crippen LogP contribution in [0, 0.1) is 0 Å². The summed E-state index contributed by atoms with van der Waals surface area (Å²) >= 11 is 2.45. The number of hydrogen-bond donors (Lipinski definition) is 0. The van der Waals surface area contributed by atoms with Crippen molar-refractivity contribution in [1.29, 1.82) is 0 Å². The van der Waals surface area contributed by atoms with Crippen LogP contribution in [-0.4, -0.2) is 0 Å². The first-order valence-electron chi connectivity index (χ1n) is 0.982. The molecule has 0 nitrogen and oxygen atoms in total. The number of hydrogen-bond acceptors (Lipinski definition) is 0. The molecule has 5 heavy (non-hydrogen) atoms. The van der Waals surface area contributed by atoms with E-state index in [4.69, 9.17) is 0 Å². The van der Waals surface area contributed by atoms with Crippen LogP contribution in [0.25, 0.3) is 0 Å². The molecule has 0 rings (SSSR count). The Morgan fingerprint density at radius 2 is 2.20 bits per heavy atom. The lowest BCUT2D eigenvalue weighted by Gasteiger charge is -1.58. The third kappa shape index (κ3) is 3.93. The maximum Gasteiger partial charge on any atom is 0.207 e. The van der Waals surface area contributed by atoms with E-state index in [2.05, 4.69) is 22.5 Å². The molecule has 0 heterocycles. The molecule has 0 unspecified atom stereocenters. The second-order valence-corrected chi connectivity index (χ2v) is 1.13. The summed E-state index contributed by atoms with van der Waals surface area (Å²) in [4.78, 5) is 0. The zero-order valence-corrected chi connectivity index (χ0v) is 4.05. The molecule has 0 aromatic rings. The number of rotatable bonds is 0. The minimum absolute atomic E-state index is 0.544. The Kier molecular flexibility index (Phi) is 2.15. The number of halogens is 2. The molecule has 0 N–H and O–H groups in total. The van der Waals surface area contributed by atoms with E-state index >= 15 is 0 Å².